The Morgan fingerprint density at radius 3 is 2.53 bits per heavy atom. The standard InChI is InChI=1S/C14H18FNO3/c1-16(2)14(18)6-4-5-12(17)11-9-10(15)7-8-13(11)19-3/h7-9H,4-6H2,1-3H3. The average molecular weight is 267 g/mol. The van der Waals surface area contributed by atoms with E-state index in [-0.39, 0.29) is 23.7 Å². The summed E-state index contributed by atoms with van der Waals surface area (Å²) >= 11 is 0. The molecule has 0 heterocycles. The highest BCUT2D eigenvalue weighted by Crippen LogP contribution is 2.21. The number of nitrogens with zero attached hydrogens (tertiary/aromatic N) is 1. The van der Waals surface area contributed by atoms with Gasteiger partial charge in [0.1, 0.15) is 11.6 Å². The van der Waals surface area contributed by atoms with Crippen LogP contribution >= 0.6 is 0 Å². The van der Waals surface area contributed by atoms with Gasteiger partial charge in [0.15, 0.2) is 5.78 Å². The van der Waals surface area contributed by atoms with E-state index in [1.807, 2.05) is 0 Å². The molecule has 0 aliphatic heterocycles. The highest BCUT2D eigenvalue weighted by atomic mass is 19.1. The molecular weight excluding hydrogens is 249 g/mol. The molecule has 1 aromatic rings. The zero-order valence-electron chi connectivity index (χ0n) is 11.4. The Morgan fingerprint density at radius 2 is 1.95 bits per heavy atom. The third-order valence-electron chi connectivity index (χ3n) is 2.76. The fraction of sp³-hybridized carbons (Fsp3) is 0.429. The number of carbonyl (C=O) groups excluding carboxylic acids is 2. The Labute approximate surface area is 112 Å². The van der Waals surface area contributed by atoms with Gasteiger partial charge in [-0.1, -0.05) is 0 Å². The predicted octanol–water partition coefficient (Wildman–Crippen LogP) is 2.28. The molecule has 1 amide bonds. The fourth-order valence-electron chi connectivity index (χ4n) is 1.66. The minimum absolute atomic E-state index is 0.0287. The summed E-state index contributed by atoms with van der Waals surface area (Å²) in [7, 11) is 4.76. The van der Waals surface area contributed by atoms with Crippen LogP contribution in [0.5, 0.6) is 5.75 Å². The van der Waals surface area contributed by atoms with Crippen molar-refractivity contribution in [3.63, 3.8) is 0 Å². The number of ether oxygens (including phenoxy) is 1. The topological polar surface area (TPSA) is 46.6 Å². The van der Waals surface area contributed by atoms with Crippen LogP contribution in [0.4, 0.5) is 4.39 Å². The second-order valence-electron chi connectivity index (χ2n) is 4.41. The molecule has 0 unspecified atom stereocenters. The van der Waals surface area contributed by atoms with Crippen LogP contribution in [0.3, 0.4) is 0 Å². The molecule has 0 bridgehead atoms. The molecule has 19 heavy (non-hydrogen) atoms. The van der Waals surface area contributed by atoms with Gasteiger partial charge in [-0.3, -0.25) is 9.59 Å². The van der Waals surface area contributed by atoms with E-state index in [4.69, 9.17) is 4.74 Å². The maximum absolute atomic E-state index is 13.1. The minimum atomic E-state index is -0.478. The predicted molar refractivity (Wildman–Crippen MR) is 69.8 cm³/mol. The van der Waals surface area contributed by atoms with Crippen LogP contribution < -0.4 is 4.74 Å². The van der Waals surface area contributed by atoms with Crippen LogP contribution in [0, 0.1) is 5.82 Å². The molecule has 0 spiro atoms. The van der Waals surface area contributed by atoms with E-state index in [1.165, 1.54) is 24.1 Å². The number of rotatable bonds is 6. The number of halogens is 1. The molecule has 0 radical (unpaired) electrons. The third-order valence-corrected chi connectivity index (χ3v) is 2.76. The monoisotopic (exact) mass is 267 g/mol. The van der Waals surface area contributed by atoms with Gasteiger partial charge >= 0.3 is 0 Å². The third kappa shape index (κ3) is 4.35. The first kappa shape index (κ1) is 15.1. The van der Waals surface area contributed by atoms with E-state index < -0.39 is 5.82 Å². The number of methoxy groups -OCH3 is 1. The SMILES string of the molecule is COc1ccc(F)cc1C(=O)CCCC(=O)N(C)C. The van der Waals surface area contributed by atoms with Crippen LogP contribution in [0.1, 0.15) is 29.6 Å². The summed E-state index contributed by atoms with van der Waals surface area (Å²) in [6.07, 6.45) is 0.936. The van der Waals surface area contributed by atoms with E-state index in [9.17, 15) is 14.0 Å². The van der Waals surface area contributed by atoms with Crippen molar-refractivity contribution in [2.75, 3.05) is 21.2 Å². The molecule has 1 rings (SSSR count). The van der Waals surface area contributed by atoms with Gasteiger partial charge in [-0.15, -0.1) is 0 Å². The molecule has 0 aliphatic carbocycles. The lowest BCUT2D eigenvalue weighted by Crippen LogP contribution is -2.21. The van der Waals surface area contributed by atoms with E-state index in [1.54, 1.807) is 14.1 Å². The van der Waals surface area contributed by atoms with Crippen LogP contribution in [0.25, 0.3) is 0 Å². The minimum Gasteiger partial charge on any atom is -0.496 e. The molecule has 104 valence electrons. The van der Waals surface area contributed by atoms with Crippen molar-refractivity contribution in [1.82, 2.24) is 4.90 Å². The van der Waals surface area contributed by atoms with Gasteiger partial charge in [-0.2, -0.15) is 0 Å². The summed E-state index contributed by atoms with van der Waals surface area (Å²) in [4.78, 5) is 24.8. The summed E-state index contributed by atoms with van der Waals surface area (Å²) < 4.78 is 18.2. The first-order valence-corrected chi connectivity index (χ1v) is 6.02. The summed E-state index contributed by atoms with van der Waals surface area (Å²) in [6, 6.07) is 3.83. The number of hydrogen-bond acceptors (Lipinski definition) is 3. The van der Waals surface area contributed by atoms with Crippen molar-refractivity contribution in [3.05, 3.63) is 29.6 Å². The van der Waals surface area contributed by atoms with Crippen molar-refractivity contribution in [1.29, 1.82) is 0 Å². The largest absolute Gasteiger partial charge is 0.496 e. The molecule has 0 N–H and O–H groups in total. The van der Waals surface area contributed by atoms with Crippen molar-refractivity contribution in [2.24, 2.45) is 0 Å². The zero-order valence-corrected chi connectivity index (χ0v) is 11.4. The van der Waals surface area contributed by atoms with Gasteiger partial charge < -0.3 is 9.64 Å². The lowest BCUT2D eigenvalue weighted by molar-refractivity contribution is -0.128. The molecule has 0 atom stereocenters. The smallest absolute Gasteiger partial charge is 0.222 e. The maximum atomic E-state index is 13.1. The molecule has 4 nitrogen and oxygen atoms in total. The summed E-state index contributed by atoms with van der Waals surface area (Å²) in [5, 5.41) is 0. The number of hydrogen-bond donors (Lipinski definition) is 0. The number of ketones is 1. The molecule has 0 saturated heterocycles. The van der Waals surface area contributed by atoms with E-state index >= 15 is 0 Å². The van der Waals surface area contributed by atoms with E-state index in [2.05, 4.69) is 0 Å². The van der Waals surface area contributed by atoms with Crippen LogP contribution in [0.2, 0.25) is 0 Å². The Morgan fingerprint density at radius 1 is 1.26 bits per heavy atom. The van der Waals surface area contributed by atoms with Crippen molar-refractivity contribution in [2.45, 2.75) is 19.3 Å². The lowest BCUT2D eigenvalue weighted by Gasteiger charge is -2.10. The van der Waals surface area contributed by atoms with Gasteiger partial charge in [-0.25, -0.2) is 4.39 Å². The van der Waals surface area contributed by atoms with Gasteiger partial charge in [0.2, 0.25) is 5.91 Å². The molecule has 0 fully saturated rings. The maximum Gasteiger partial charge on any atom is 0.222 e. The van der Waals surface area contributed by atoms with E-state index in [0.717, 1.165) is 6.07 Å². The molecule has 0 aromatic heterocycles. The van der Waals surface area contributed by atoms with Gasteiger partial charge in [0.05, 0.1) is 12.7 Å². The van der Waals surface area contributed by atoms with E-state index in [0.29, 0.717) is 18.6 Å². The fourth-order valence-corrected chi connectivity index (χ4v) is 1.66. The number of carbonyl (C=O) groups is 2. The Balaban J connectivity index is 2.63. The normalized spacial score (nSPS) is 10.1. The van der Waals surface area contributed by atoms with Crippen molar-refractivity contribution < 1.29 is 18.7 Å². The summed E-state index contributed by atoms with van der Waals surface area (Å²) in [5.74, 6) is -0.374. The van der Waals surface area contributed by atoms with Crippen LogP contribution in [0.15, 0.2) is 18.2 Å². The molecule has 1 aromatic carbocycles. The Bertz CT molecular complexity index is 472. The zero-order chi connectivity index (χ0) is 14.4. The number of amides is 1. The second kappa shape index (κ2) is 6.87. The average Bonchev–Trinajstić information content (AvgIpc) is 2.38. The molecular formula is C14H18FNO3. The van der Waals surface area contributed by atoms with Crippen LogP contribution in [-0.2, 0) is 4.79 Å². The molecule has 0 aliphatic rings. The second-order valence-corrected chi connectivity index (χ2v) is 4.41. The first-order chi connectivity index (χ1) is 8.95. The summed E-state index contributed by atoms with van der Waals surface area (Å²) in [6.45, 7) is 0. The highest BCUT2D eigenvalue weighted by Gasteiger charge is 2.14. The lowest BCUT2D eigenvalue weighted by atomic mass is 10.0. The quantitative estimate of drug-likeness (QED) is 0.743. The highest BCUT2D eigenvalue weighted by molar-refractivity contribution is 5.98. The van der Waals surface area contributed by atoms with Crippen molar-refractivity contribution >= 4 is 11.7 Å². The van der Waals surface area contributed by atoms with Gasteiger partial charge in [0, 0.05) is 26.9 Å². The number of Topliss-reactive ketones (excluding diaryl/α,β-unsaturated/α-hetero) is 1. The van der Waals surface area contributed by atoms with Gasteiger partial charge in [0.25, 0.3) is 0 Å². The number of benzene rings is 1. The molecule has 5 heteroatoms. The van der Waals surface area contributed by atoms with Crippen LogP contribution in [-0.4, -0.2) is 37.8 Å². The Kier molecular flexibility index (Phi) is 5.48. The Hall–Kier alpha value is -1.91. The summed E-state index contributed by atoms with van der Waals surface area (Å²) in [5.41, 5.74) is 0.222. The first-order valence-electron chi connectivity index (χ1n) is 6.02. The van der Waals surface area contributed by atoms with Crippen molar-refractivity contribution in [3.8, 4) is 5.75 Å². The van der Waals surface area contributed by atoms with Gasteiger partial charge in [-0.05, 0) is 24.6 Å². The molecule has 0 saturated carbocycles.